The molecule has 0 bridgehead atoms. The molecule has 0 aromatic carbocycles. The Hall–Kier alpha value is -1.27. The van der Waals surface area contributed by atoms with Gasteiger partial charge in [0.05, 0.1) is 0 Å². The number of nitrogens with zero attached hydrogens (tertiary/aromatic N) is 2. The summed E-state index contributed by atoms with van der Waals surface area (Å²) in [7, 11) is 0. The Morgan fingerprint density at radius 2 is 2.12 bits per heavy atom. The van der Waals surface area contributed by atoms with Crippen molar-refractivity contribution in [3.05, 3.63) is 31.9 Å². The van der Waals surface area contributed by atoms with Crippen LogP contribution in [-0.4, -0.2) is 16.2 Å². The lowest BCUT2D eigenvalue weighted by Gasteiger charge is -1.98. The van der Waals surface area contributed by atoms with Gasteiger partial charge in [-0.3, -0.25) is 0 Å². The average molecular weight is 254 g/mol. The summed E-state index contributed by atoms with van der Waals surface area (Å²) < 4.78 is 5.12. The molecule has 0 atom stereocenters. The summed E-state index contributed by atoms with van der Waals surface area (Å²) in [5.74, 6) is -0.300. The van der Waals surface area contributed by atoms with Crippen LogP contribution in [0.3, 0.4) is 0 Å². The lowest BCUT2D eigenvalue weighted by Crippen LogP contribution is -2.02. The molecule has 84 valence electrons. The first-order valence-electron chi connectivity index (χ1n) is 4.67. The fraction of sp³-hybridized carbons (Fsp3) is 0.300. The number of hydrogen-bond acceptors (Lipinski definition) is 6. The Kier molecular flexibility index (Phi) is 3.31. The maximum Gasteiger partial charge on any atom is 0.348 e. The molecule has 6 heteroatoms. The monoisotopic (exact) mass is 254 g/mol. The molecule has 0 unspecified atom stereocenters. The predicted octanol–water partition coefficient (Wildman–Crippen LogP) is 2.57. The third-order valence-corrected chi connectivity index (χ3v) is 3.63. The first-order valence-corrected chi connectivity index (χ1v) is 6.31. The third-order valence-electron chi connectivity index (χ3n) is 1.84. The van der Waals surface area contributed by atoms with Crippen LogP contribution < -0.4 is 0 Å². The van der Waals surface area contributed by atoms with E-state index in [0.717, 1.165) is 14.9 Å². The van der Waals surface area contributed by atoms with Gasteiger partial charge in [-0.25, -0.2) is 4.79 Å². The Labute approximate surface area is 101 Å². The lowest BCUT2D eigenvalue weighted by atomic mass is 10.4. The fourth-order valence-electron chi connectivity index (χ4n) is 1.14. The Morgan fingerprint density at radius 3 is 2.69 bits per heavy atom. The Bertz CT molecular complexity index is 504. The molecule has 0 N–H and O–H groups in total. The highest BCUT2D eigenvalue weighted by Gasteiger charge is 2.10. The van der Waals surface area contributed by atoms with Gasteiger partial charge >= 0.3 is 5.97 Å². The van der Waals surface area contributed by atoms with Gasteiger partial charge in [-0.1, -0.05) is 11.3 Å². The number of thiophene rings is 1. The molecule has 2 rings (SSSR count). The van der Waals surface area contributed by atoms with Crippen LogP contribution in [0.5, 0.6) is 0 Å². The van der Waals surface area contributed by atoms with E-state index >= 15 is 0 Å². The number of carbonyl (C=O) groups excluding carboxylic acids is 1. The molecule has 4 nitrogen and oxygen atoms in total. The predicted molar refractivity (Wildman–Crippen MR) is 62.8 cm³/mol. The first-order chi connectivity index (χ1) is 7.65. The smallest absolute Gasteiger partial charge is 0.348 e. The van der Waals surface area contributed by atoms with Crippen LogP contribution >= 0.6 is 22.7 Å². The van der Waals surface area contributed by atoms with E-state index in [1.807, 2.05) is 19.9 Å². The van der Waals surface area contributed by atoms with Gasteiger partial charge in [0.15, 0.2) is 5.01 Å². The number of aryl methyl sites for hydroxylation is 2. The lowest BCUT2D eigenvalue weighted by molar-refractivity contribution is 0.0477. The van der Waals surface area contributed by atoms with Gasteiger partial charge in [-0.15, -0.1) is 21.5 Å². The number of esters is 1. The number of hydrogen-bond donors (Lipinski definition) is 0. The van der Waals surface area contributed by atoms with E-state index < -0.39 is 0 Å². The normalized spacial score (nSPS) is 10.4. The van der Waals surface area contributed by atoms with Gasteiger partial charge < -0.3 is 4.74 Å². The van der Waals surface area contributed by atoms with Crippen LogP contribution in [0.15, 0.2) is 12.1 Å². The van der Waals surface area contributed by atoms with Crippen molar-refractivity contribution in [2.45, 2.75) is 20.5 Å². The van der Waals surface area contributed by atoms with Gasteiger partial charge in [-0.05, 0) is 26.0 Å². The molecule has 2 aromatic rings. The molecule has 2 aromatic heterocycles. The van der Waals surface area contributed by atoms with Crippen LogP contribution in [0.2, 0.25) is 0 Å². The minimum atomic E-state index is -0.300. The van der Waals surface area contributed by atoms with Gasteiger partial charge in [-0.2, -0.15) is 0 Å². The van der Waals surface area contributed by atoms with E-state index in [2.05, 4.69) is 10.2 Å². The summed E-state index contributed by atoms with van der Waals surface area (Å²) in [6, 6.07) is 3.67. The summed E-state index contributed by atoms with van der Waals surface area (Å²) in [5.41, 5.74) is 0. The molecule has 0 fully saturated rings. The average Bonchev–Trinajstić information content (AvgIpc) is 2.84. The summed E-state index contributed by atoms with van der Waals surface area (Å²) in [6.07, 6.45) is 0. The molecule has 16 heavy (non-hydrogen) atoms. The van der Waals surface area contributed by atoms with E-state index in [9.17, 15) is 4.79 Å². The van der Waals surface area contributed by atoms with Crippen LogP contribution in [0.1, 0.15) is 24.6 Å². The molecule has 0 aliphatic heterocycles. The van der Waals surface area contributed by atoms with Gasteiger partial charge in [0.1, 0.15) is 16.5 Å². The maximum absolute atomic E-state index is 11.6. The van der Waals surface area contributed by atoms with Crippen molar-refractivity contribution >= 4 is 28.6 Å². The van der Waals surface area contributed by atoms with E-state index in [1.54, 1.807) is 6.07 Å². The second kappa shape index (κ2) is 4.71. The van der Waals surface area contributed by atoms with Gasteiger partial charge in [0.2, 0.25) is 0 Å². The van der Waals surface area contributed by atoms with E-state index in [0.29, 0.717) is 4.88 Å². The van der Waals surface area contributed by atoms with Gasteiger partial charge in [0, 0.05) is 4.88 Å². The summed E-state index contributed by atoms with van der Waals surface area (Å²) in [6.45, 7) is 4.02. The largest absolute Gasteiger partial charge is 0.454 e. The number of carbonyl (C=O) groups is 1. The zero-order chi connectivity index (χ0) is 11.5. The highest BCUT2D eigenvalue weighted by molar-refractivity contribution is 7.13. The molecular weight excluding hydrogens is 244 g/mol. The number of aromatic nitrogens is 2. The van der Waals surface area contributed by atoms with Crippen molar-refractivity contribution in [2.75, 3.05) is 0 Å². The SMILES string of the molecule is Cc1ccc(C(=O)OCc2nnc(C)s2)s1. The third kappa shape index (κ3) is 2.65. The standard InChI is InChI=1S/C10H10N2O2S2/c1-6-3-4-8(15-6)10(13)14-5-9-12-11-7(2)16-9/h3-4H,5H2,1-2H3. The molecule has 2 heterocycles. The molecule has 0 amide bonds. The van der Waals surface area contributed by atoms with E-state index in [4.69, 9.17) is 4.74 Å². The van der Waals surface area contributed by atoms with E-state index in [1.165, 1.54) is 22.7 Å². The first kappa shape index (κ1) is 11.2. The second-order valence-corrected chi connectivity index (χ2v) is 5.76. The minimum absolute atomic E-state index is 0.196. The highest BCUT2D eigenvalue weighted by atomic mass is 32.1. The quantitative estimate of drug-likeness (QED) is 0.790. The minimum Gasteiger partial charge on any atom is -0.454 e. The molecule has 0 radical (unpaired) electrons. The fourth-order valence-corrected chi connectivity index (χ4v) is 2.52. The molecule has 0 saturated heterocycles. The van der Waals surface area contributed by atoms with Crippen molar-refractivity contribution < 1.29 is 9.53 Å². The molecule has 0 saturated carbocycles. The number of ether oxygens (including phenoxy) is 1. The van der Waals surface area contributed by atoms with E-state index in [-0.39, 0.29) is 12.6 Å². The van der Waals surface area contributed by atoms with Crippen molar-refractivity contribution in [3.8, 4) is 0 Å². The van der Waals surface area contributed by atoms with Crippen molar-refractivity contribution in [3.63, 3.8) is 0 Å². The molecule has 0 spiro atoms. The summed E-state index contributed by atoms with van der Waals surface area (Å²) in [5, 5.41) is 9.33. The van der Waals surface area contributed by atoms with Crippen molar-refractivity contribution in [1.29, 1.82) is 0 Å². The zero-order valence-electron chi connectivity index (χ0n) is 8.89. The Balaban J connectivity index is 1.93. The van der Waals surface area contributed by atoms with Crippen LogP contribution in [-0.2, 0) is 11.3 Å². The van der Waals surface area contributed by atoms with Crippen molar-refractivity contribution in [2.24, 2.45) is 0 Å². The molecule has 0 aliphatic rings. The topological polar surface area (TPSA) is 52.1 Å². The summed E-state index contributed by atoms with van der Waals surface area (Å²) in [4.78, 5) is 13.3. The van der Waals surface area contributed by atoms with Crippen LogP contribution in [0.25, 0.3) is 0 Å². The van der Waals surface area contributed by atoms with Crippen molar-refractivity contribution in [1.82, 2.24) is 10.2 Å². The van der Waals surface area contributed by atoms with Crippen LogP contribution in [0, 0.1) is 13.8 Å². The second-order valence-electron chi connectivity index (χ2n) is 3.20. The number of rotatable bonds is 3. The molecular formula is C10H10N2O2S2. The van der Waals surface area contributed by atoms with Crippen LogP contribution in [0.4, 0.5) is 0 Å². The van der Waals surface area contributed by atoms with Gasteiger partial charge in [0.25, 0.3) is 0 Å². The maximum atomic E-state index is 11.6. The Morgan fingerprint density at radius 1 is 1.31 bits per heavy atom. The molecule has 0 aliphatic carbocycles. The highest BCUT2D eigenvalue weighted by Crippen LogP contribution is 2.17. The zero-order valence-corrected chi connectivity index (χ0v) is 10.5. The summed E-state index contributed by atoms with van der Waals surface area (Å²) >= 11 is 2.86.